The van der Waals surface area contributed by atoms with Crippen LogP contribution in [0.15, 0.2) is 0 Å². The molecule has 2 aliphatic rings. The predicted octanol–water partition coefficient (Wildman–Crippen LogP) is 1.88. The maximum Gasteiger partial charge on any atom is 0.227 e. The first-order valence-electron chi connectivity index (χ1n) is 8.17. The Bertz CT molecular complexity index is 321. The van der Waals surface area contributed by atoms with Crippen molar-refractivity contribution in [3.05, 3.63) is 0 Å². The molecule has 2 rings (SSSR count). The van der Waals surface area contributed by atoms with E-state index in [1.54, 1.807) is 0 Å². The molecule has 1 aliphatic heterocycles. The molecular formula is C16H31N3O. The first-order chi connectivity index (χ1) is 9.36. The monoisotopic (exact) mass is 281 g/mol. The third-order valence-corrected chi connectivity index (χ3v) is 4.67. The molecular weight excluding hydrogens is 250 g/mol. The zero-order chi connectivity index (χ0) is 14.8. The molecule has 0 aromatic heterocycles. The third-order valence-electron chi connectivity index (χ3n) is 4.67. The summed E-state index contributed by atoms with van der Waals surface area (Å²) in [5, 5.41) is 3.78. The highest BCUT2D eigenvalue weighted by Gasteiger charge is 2.31. The second kappa shape index (κ2) is 6.44. The molecule has 1 saturated carbocycles. The lowest BCUT2D eigenvalue weighted by Crippen LogP contribution is -2.51. The topological polar surface area (TPSA) is 58.4 Å². The molecule has 1 heterocycles. The SMILES string of the molecule is CC(C)(C)C(=O)N1CCC(NC2CCC(N)CC2)CC1. The molecule has 1 saturated heterocycles. The first kappa shape index (κ1) is 15.8. The Morgan fingerprint density at radius 3 is 2.00 bits per heavy atom. The van der Waals surface area contributed by atoms with Crippen molar-refractivity contribution in [3.8, 4) is 0 Å². The maximum absolute atomic E-state index is 12.2. The molecule has 4 heteroatoms. The van der Waals surface area contributed by atoms with Gasteiger partial charge in [-0.05, 0) is 38.5 Å². The van der Waals surface area contributed by atoms with Crippen molar-refractivity contribution in [2.75, 3.05) is 13.1 Å². The summed E-state index contributed by atoms with van der Waals surface area (Å²) < 4.78 is 0. The number of amides is 1. The van der Waals surface area contributed by atoms with Crippen molar-refractivity contribution in [1.82, 2.24) is 10.2 Å². The first-order valence-corrected chi connectivity index (χ1v) is 8.17. The van der Waals surface area contributed by atoms with Crippen molar-refractivity contribution in [3.63, 3.8) is 0 Å². The van der Waals surface area contributed by atoms with Crippen LogP contribution in [0.1, 0.15) is 59.3 Å². The Morgan fingerprint density at radius 1 is 1.00 bits per heavy atom. The van der Waals surface area contributed by atoms with E-state index in [9.17, 15) is 4.79 Å². The van der Waals surface area contributed by atoms with E-state index < -0.39 is 0 Å². The van der Waals surface area contributed by atoms with Crippen LogP contribution in [0.5, 0.6) is 0 Å². The van der Waals surface area contributed by atoms with Gasteiger partial charge < -0.3 is 16.0 Å². The minimum absolute atomic E-state index is 0.250. The number of carbonyl (C=O) groups is 1. The fourth-order valence-corrected chi connectivity index (χ4v) is 3.34. The lowest BCUT2D eigenvalue weighted by atomic mass is 9.90. The van der Waals surface area contributed by atoms with Gasteiger partial charge in [-0.15, -0.1) is 0 Å². The Balaban J connectivity index is 1.73. The zero-order valence-corrected chi connectivity index (χ0v) is 13.3. The summed E-state index contributed by atoms with van der Waals surface area (Å²) in [6, 6.07) is 1.64. The lowest BCUT2D eigenvalue weighted by molar-refractivity contribution is -0.140. The van der Waals surface area contributed by atoms with Gasteiger partial charge >= 0.3 is 0 Å². The van der Waals surface area contributed by atoms with Crippen LogP contribution in [0.2, 0.25) is 0 Å². The van der Waals surface area contributed by atoms with E-state index in [0.29, 0.717) is 24.0 Å². The minimum atomic E-state index is -0.250. The molecule has 0 bridgehead atoms. The fourth-order valence-electron chi connectivity index (χ4n) is 3.34. The summed E-state index contributed by atoms with van der Waals surface area (Å²) in [4.78, 5) is 14.3. The van der Waals surface area contributed by atoms with Gasteiger partial charge in [-0.25, -0.2) is 0 Å². The maximum atomic E-state index is 12.2. The number of hydrogen-bond acceptors (Lipinski definition) is 3. The normalized spacial score (nSPS) is 29.5. The summed E-state index contributed by atoms with van der Waals surface area (Å²) in [6.45, 7) is 7.82. The predicted molar refractivity (Wildman–Crippen MR) is 82.4 cm³/mol. The van der Waals surface area contributed by atoms with Crippen LogP contribution in [-0.4, -0.2) is 42.0 Å². The van der Waals surface area contributed by atoms with Crippen LogP contribution in [-0.2, 0) is 4.79 Å². The standard InChI is InChI=1S/C16H31N3O/c1-16(2,3)15(20)19-10-8-14(9-11-19)18-13-6-4-12(17)5-7-13/h12-14,18H,4-11,17H2,1-3H3. The number of nitrogens with two attached hydrogens (primary N) is 1. The van der Waals surface area contributed by atoms with Crippen molar-refractivity contribution < 1.29 is 4.79 Å². The zero-order valence-electron chi connectivity index (χ0n) is 13.3. The molecule has 0 aromatic carbocycles. The van der Waals surface area contributed by atoms with Gasteiger partial charge in [0.05, 0.1) is 0 Å². The molecule has 3 N–H and O–H groups in total. The Kier molecular flexibility index (Phi) is 5.08. The van der Waals surface area contributed by atoms with Crippen molar-refractivity contribution in [1.29, 1.82) is 0 Å². The highest BCUT2D eigenvalue weighted by molar-refractivity contribution is 5.81. The van der Waals surface area contributed by atoms with Crippen LogP contribution in [0, 0.1) is 5.41 Å². The Labute approximate surface area is 123 Å². The molecule has 1 amide bonds. The van der Waals surface area contributed by atoms with E-state index in [2.05, 4.69) is 5.32 Å². The van der Waals surface area contributed by atoms with E-state index in [1.165, 1.54) is 12.8 Å². The molecule has 0 aromatic rings. The molecule has 4 nitrogen and oxygen atoms in total. The highest BCUT2D eigenvalue weighted by atomic mass is 16.2. The number of rotatable bonds is 2. The van der Waals surface area contributed by atoms with Gasteiger partial charge in [0, 0.05) is 36.6 Å². The fraction of sp³-hybridized carbons (Fsp3) is 0.938. The summed E-state index contributed by atoms with van der Waals surface area (Å²) in [5.41, 5.74) is 5.70. The molecule has 2 fully saturated rings. The van der Waals surface area contributed by atoms with Crippen LogP contribution in [0.3, 0.4) is 0 Å². The van der Waals surface area contributed by atoms with E-state index in [1.807, 2.05) is 25.7 Å². The number of piperidine rings is 1. The van der Waals surface area contributed by atoms with Crippen LogP contribution in [0.4, 0.5) is 0 Å². The lowest BCUT2D eigenvalue weighted by Gasteiger charge is -2.38. The molecule has 0 spiro atoms. The number of carbonyl (C=O) groups excluding carboxylic acids is 1. The summed E-state index contributed by atoms with van der Waals surface area (Å²) in [5.74, 6) is 0.291. The minimum Gasteiger partial charge on any atom is -0.342 e. The summed E-state index contributed by atoms with van der Waals surface area (Å²) >= 11 is 0. The Morgan fingerprint density at radius 2 is 1.50 bits per heavy atom. The van der Waals surface area contributed by atoms with Gasteiger partial charge in [-0.3, -0.25) is 4.79 Å². The van der Waals surface area contributed by atoms with E-state index in [0.717, 1.165) is 38.8 Å². The van der Waals surface area contributed by atoms with Crippen LogP contribution in [0.25, 0.3) is 0 Å². The van der Waals surface area contributed by atoms with Crippen molar-refractivity contribution in [2.24, 2.45) is 11.1 Å². The highest BCUT2D eigenvalue weighted by Crippen LogP contribution is 2.23. The second-order valence-corrected chi connectivity index (χ2v) is 7.59. The molecule has 0 atom stereocenters. The average molecular weight is 281 g/mol. The number of likely N-dealkylation sites (tertiary alicyclic amines) is 1. The van der Waals surface area contributed by atoms with Crippen LogP contribution < -0.4 is 11.1 Å². The second-order valence-electron chi connectivity index (χ2n) is 7.59. The van der Waals surface area contributed by atoms with E-state index in [-0.39, 0.29) is 5.41 Å². The number of hydrogen-bond donors (Lipinski definition) is 2. The van der Waals surface area contributed by atoms with Gasteiger partial charge in [-0.2, -0.15) is 0 Å². The molecule has 0 unspecified atom stereocenters. The van der Waals surface area contributed by atoms with E-state index in [4.69, 9.17) is 5.73 Å². The summed E-state index contributed by atoms with van der Waals surface area (Å²) in [6.07, 6.45) is 6.90. The van der Waals surface area contributed by atoms with Gasteiger partial charge in [0.15, 0.2) is 0 Å². The smallest absolute Gasteiger partial charge is 0.227 e. The van der Waals surface area contributed by atoms with Gasteiger partial charge in [0.1, 0.15) is 0 Å². The summed E-state index contributed by atoms with van der Waals surface area (Å²) in [7, 11) is 0. The molecule has 1 aliphatic carbocycles. The van der Waals surface area contributed by atoms with Gasteiger partial charge in [-0.1, -0.05) is 20.8 Å². The van der Waals surface area contributed by atoms with Crippen molar-refractivity contribution in [2.45, 2.75) is 77.4 Å². The van der Waals surface area contributed by atoms with Crippen molar-refractivity contribution >= 4 is 5.91 Å². The quantitative estimate of drug-likeness (QED) is 0.812. The number of nitrogens with one attached hydrogen (secondary N) is 1. The Hall–Kier alpha value is -0.610. The average Bonchev–Trinajstić information content (AvgIpc) is 2.40. The molecule has 0 radical (unpaired) electrons. The van der Waals surface area contributed by atoms with Gasteiger partial charge in [0.25, 0.3) is 0 Å². The largest absolute Gasteiger partial charge is 0.342 e. The molecule has 20 heavy (non-hydrogen) atoms. The number of nitrogens with zero attached hydrogens (tertiary/aromatic N) is 1. The third kappa shape index (κ3) is 4.19. The van der Waals surface area contributed by atoms with E-state index >= 15 is 0 Å². The molecule has 116 valence electrons. The van der Waals surface area contributed by atoms with Gasteiger partial charge in [0.2, 0.25) is 5.91 Å². The van der Waals surface area contributed by atoms with Crippen LogP contribution >= 0.6 is 0 Å².